The lowest BCUT2D eigenvalue weighted by atomic mass is 10.00. The van der Waals surface area contributed by atoms with Gasteiger partial charge in [0.05, 0.1) is 12.5 Å². The first kappa shape index (κ1) is 14.5. The molecule has 0 amide bonds. The lowest BCUT2D eigenvalue weighted by Gasteiger charge is -2.30. The van der Waals surface area contributed by atoms with E-state index in [-0.39, 0.29) is 6.04 Å². The molecule has 1 aromatic heterocycles. The van der Waals surface area contributed by atoms with E-state index in [0.717, 1.165) is 24.9 Å². The Hall–Kier alpha value is -0.920. The molecule has 108 valence electrons. The van der Waals surface area contributed by atoms with E-state index in [1.165, 1.54) is 6.26 Å². The van der Waals surface area contributed by atoms with Gasteiger partial charge in [0, 0.05) is 37.4 Å². The molecule has 0 aliphatic carbocycles. The molecule has 2 N–H and O–H groups in total. The summed E-state index contributed by atoms with van der Waals surface area (Å²) in [7, 11) is -3.08. The first-order valence-corrected chi connectivity index (χ1v) is 8.44. The van der Waals surface area contributed by atoms with E-state index in [1.54, 1.807) is 10.5 Å². The first-order valence-electron chi connectivity index (χ1n) is 6.59. The maximum atomic E-state index is 11.6. The van der Waals surface area contributed by atoms with Gasteiger partial charge in [-0.1, -0.05) is 0 Å². The zero-order valence-corrected chi connectivity index (χ0v) is 12.3. The highest BCUT2D eigenvalue weighted by atomic mass is 32.2. The number of aromatic nitrogens is 2. The maximum absolute atomic E-state index is 11.6. The van der Waals surface area contributed by atoms with Crippen LogP contribution in [0.2, 0.25) is 0 Å². The van der Waals surface area contributed by atoms with Gasteiger partial charge >= 0.3 is 0 Å². The van der Waals surface area contributed by atoms with Crippen molar-refractivity contribution < 1.29 is 8.42 Å². The second-order valence-electron chi connectivity index (χ2n) is 5.41. The summed E-state index contributed by atoms with van der Waals surface area (Å²) in [5.41, 5.74) is 6.81. The van der Waals surface area contributed by atoms with Crippen LogP contribution in [0, 0.1) is 5.92 Å². The summed E-state index contributed by atoms with van der Waals surface area (Å²) >= 11 is 0. The minimum Gasteiger partial charge on any atom is -0.324 e. The van der Waals surface area contributed by atoms with Gasteiger partial charge in [-0.2, -0.15) is 5.10 Å². The van der Waals surface area contributed by atoms with E-state index in [9.17, 15) is 8.42 Å². The van der Waals surface area contributed by atoms with Gasteiger partial charge in [-0.25, -0.2) is 12.7 Å². The third-order valence-corrected chi connectivity index (χ3v) is 4.84. The lowest BCUT2D eigenvalue weighted by molar-refractivity contribution is 0.240. The maximum Gasteiger partial charge on any atom is 0.211 e. The Morgan fingerprint density at radius 1 is 1.58 bits per heavy atom. The van der Waals surface area contributed by atoms with Crippen LogP contribution < -0.4 is 5.73 Å². The largest absolute Gasteiger partial charge is 0.324 e. The highest BCUT2D eigenvalue weighted by molar-refractivity contribution is 7.88. The molecule has 6 nitrogen and oxygen atoms in total. The van der Waals surface area contributed by atoms with Crippen LogP contribution in [0.15, 0.2) is 12.4 Å². The minimum absolute atomic E-state index is 0.0207. The van der Waals surface area contributed by atoms with Crippen molar-refractivity contribution in [3.63, 3.8) is 0 Å². The highest BCUT2D eigenvalue weighted by Crippen LogP contribution is 2.20. The molecule has 0 spiro atoms. The molecule has 2 unspecified atom stereocenters. The van der Waals surface area contributed by atoms with Crippen molar-refractivity contribution in [1.82, 2.24) is 14.1 Å². The molecule has 1 aromatic rings. The molecule has 1 saturated heterocycles. The fraction of sp³-hybridized carbons (Fsp3) is 0.750. The van der Waals surface area contributed by atoms with Crippen LogP contribution in [0.25, 0.3) is 0 Å². The van der Waals surface area contributed by atoms with Crippen molar-refractivity contribution in [1.29, 1.82) is 0 Å². The Bertz CT molecular complexity index is 524. The molecule has 1 aliphatic heterocycles. The molecule has 1 fully saturated rings. The van der Waals surface area contributed by atoms with E-state index in [4.69, 9.17) is 5.73 Å². The summed E-state index contributed by atoms with van der Waals surface area (Å²) in [6.45, 7) is 3.90. The molecular weight excluding hydrogens is 264 g/mol. The second kappa shape index (κ2) is 5.60. The van der Waals surface area contributed by atoms with Crippen molar-refractivity contribution in [3.8, 4) is 0 Å². The number of rotatable bonds is 4. The van der Waals surface area contributed by atoms with Gasteiger partial charge in [-0.3, -0.25) is 4.68 Å². The summed E-state index contributed by atoms with van der Waals surface area (Å²) in [5.74, 6) is 0.323. The van der Waals surface area contributed by atoms with E-state index in [2.05, 4.69) is 5.10 Å². The average Bonchev–Trinajstić information content (AvgIpc) is 2.77. The van der Waals surface area contributed by atoms with Crippen molar-refractivity contribution in [2.75, 3.05) is 19.3 Å². The van der Waals surface area contributed by atoms with Gasteiger partial charge in [0.1, 0.15) is 0 Å². The van der Waals surface area contributed by atoms with E-state index >= 15 is 0 Å². The van der Waals surface area contributed by atoms with Gasteiger partial charge in [-0.15, -0.1) is 0 Å². The van der Waals surface area contributed by atoms with E-state index < -0.39 is 10.0 Å². The zero-order chi connectivity index (χ0) is 14.0. The van der Waals surface area contributed by atoms with E-state index in [0.29, 0.717) is 19.0 Å². The predicted molar refractivity (Wildman–Crippen MR) is 74.0 cm³/mol. The monoisotopic (exact) mass is 286 g/mol. The van der Waals surface area contributed by atoms with Gasteiger partial charge in [-0.05, 0) is 25.7 Å². The molecule has 1 aliphatic rings. The number of hydrogen-bond acceptors (Lipinski definition) is 4. The number of nitrogens with zero attached hydrogens (tertiary/aromatic N) is 3. The number of hydrogen-bond donors (Lipinski definition) is 1. The SMILES string of the molecule is CC(N)c1cnn(CC2CCCN(S(C)(=O)=O)C2)c1. The van der Waals surface area contributed by atoms with Gasteiger partial charge in [0.2, 0.25) is 10.0 Å². The molecule has 0 bridgehead atoms. The Kier molecular flexibility index (Phi) is 4.27. The third kappa shape index (κ3) is 3.77. The molecule has 19 heavy (non-hydrogen) atoms. The van der Waals surface area contributed by atoms with Crippen LogP contribution in [0.3, 0.4) is 0 Å². The molecule has 2 atom stereocenters. The van der Waals surface area contributed by atoms with Crippen LogP contribution in [-0.4, -0.2) is 41.8 Å². The number of sulfonamides is 1. The molecule has 2 rings (SSSR count). The van der Waals surface area contributed by atoms with Crippen LogP contribution in [0.4, 0.5) is 0 Å². The van der Waals surface area contributed by atoms with Crippen LogP contribution in [0.1, 0.15) is 31.4 Å². The summed E-state index contributed by atoms with van der Waals surface area (Å²) in [4.78, 5) is 0. The summed E-state index contributed by atoms with van der Waals surface area (Å²) < 4.78 is 26.6. The van der Waals surface area contributed by atoms with Gasteiger partial charge < -0.3 is 5.73 Å². The quantitative estimate of drug-likeness (QED) is 0.877. The second-order valence-corrected chi connectivity index (χ2v) is 7.40. The van der Waals surface area contributed by atoms with Crippen LogP contribution in [-0.2, 0) is 16.6 Å². The number of nitrogens with two attached hydrogens (primary N) is 1. The smallest absolute Gasteiger partial charge is 0.211 e. The Balaban J connectivity index is 1.98. The molecule has 0 aromatic carbocycles. The van der Waals surface area contributed by atoms with Crippen molar-refractivity contribution >= 4 is 10.0 Å². The molecule has 0 radical (unpaired) electrons. The molecule has 7 heteroatoms. The van der Waals surface area contributed by atoms with Gasteiger partial charge in [0.25, 0.3) is 0 Å². The lowest BCUT2D eigenvalue weighted by Crippen LogP contribution is -2.40. The van der Waals surface area contributed by atoms with Crippen LogP contribution >= 0.6 is 0 Å². The Labute approximate surface area is 114 Å². The van der Waals surface area contributed by atoms with Crippen molar-refractivity contribution in [3.05, 3.63) is 18.0 Å². The Morgan fingerprint density at radius 2 is 2.32 bits per heavy atom. The van der Waals surface area contributed by atoms with Gasteiger partial charge in [0.15, 0.2) is 0 Å². The normalized spacial score (nSPS) is 23.4. The summed E-state index contributed by atoms with van der Waals surface area (Å²) in [5, 5.41) is 4.29. The van der Waals surface area contributed by atoms with E-state index in [1.807, 2.05) is 17.8 Å². The predicted octanol–water partition coefficient (Wildman–Crippen LogP) is 0.574. The summed E-state index contributed by atoms with van der Waals surface area (Å²) in [6, 6.07) is -0.0207. The molecular formula is C12H22N4O2S. The highest BCUT2D eigenvalue weighted by Gasteiger charge is 2.26. The summed E-state index contributed by atoms with van der Waals surface area (Å²) in [6.07, 6.45) is 6.96. The van der Waals surface area contributed by atoms with Crippen molar-refractivity contribution in [2.45, 2.75) is 32.4 Å². The zero-order valence-electron chi connectivity index (χ0n) is 11.5. The minimum atomic E-state index is -3.08. The average molecular weight is 286 g/mol. The Morgan fingerprint density at radius 3 is 2.89 bits per heavy atom. The topological polar surface area (TPSA) is 81.2 Å². The van der Waals surface area contributed by atoms with Crippen molar-refractivity contribution in [2.24, 2.45) is 11.7 Å². The fourth-order valence-corrected chi connectivity index (χ4v) is 3.40. The molecule has 0 saturated carbocycles. The molecule has 2 heterocycles. The fourth-order valence-electron chi connectivity index (χ4n) is 2.46. The third-order valence-electron chi connectivity index (χ3n) is 3.57. The number of piperidine rings is 1. The first-order chi connectivity index (χ1) is 8.86. The standard InChI is InChI=1S/C12H22N4O2S/c1-10(13)12-6-14-15(9-12)7-11-4-3-5-16(8-11)19(2,17)18/h6,9-11H,3-5,7-8,13H2,1-2H3. The van der Waals surface area contributed by atoms with Crippen LogP contribution in [0.5, 0.6) is 0 Å².